The van der Waals surface area contributed by atoms with Crippen molar-refractivity contribution in [1.82, 2.24) is 9.47 Å². The van der Waals surface area contributed by atoms with E-state index in [4.69, 9.17) is 0 Å². The van der Waals surface area contributed by atoms with Crippen molar-refractivity contribution in [2.24, 2.45) is 5.92 Å². The van der Waals surface area contributed by atoms with E-state index in [1.807, 2.05) is 42.5 Å². The van der Waals surface area contributed by atoms with Crippen LogP contribution in [0, 0.1) is 5.92 Å². The van der Waals surface area contributed by atoms with Gasteiger partial charge >= 0.3 is 0 Å². The number of benzene rings is 2. The van der Waals surface area contributed by atoms with Gasteiger partial charge in [0.15, 0.2) is 0 Å². The summed E-state index contributed by atoms with van der Waals surface area (Å²) in [6.07, 6.45) is 0.282. The number of rotatable bonds is 2. The molecule has 152 valence electrons. The molecule has 0 saturated carbocycles. The minimum atomic E-state index is -0.728. The molecule has 1 fully saturated rings. The van der Waals surface area contributed by atoms with Crippen LogP contribution in [0.15, 0.2) is 54.6 Å². The van der Waals surface area contributed by atoms with Gasteiger partial charge in [-0.1, -0.05) is 36.4 Å². The van der Waals surface area contributed by atoms with Gasteiger partial charge in [-0.3, -0.25) is 29.1 Å². The third-order valence-corrected chi connectivity index (χ3v) is 6.33. The molecule has 0 bridgehead atoms. The number of aromatic nitrogens is 1. The Kier molecular flexibility index (Phi) is 4.04. The maximum absolute atomic E-state index is 13.0. The third kappa shape index (κ3) is 2.39. The Morgan fingerprint density at radius 1 is 1.03 bits per heavy atom. The second-order valence-corrected chi connectivity index (χ2v) is 7.92. The lowest BCUT2D eigenvalue weighted by Crippen LogP contribution is -2.36. The fraction of sp³-hybridized carbons (Fsp3) is 0.261. The van der Waals surface area contributed by atoms with Gasteiger partial charge in [-0.25, -0.2) is 5.06 Å². The molecule has 1 N–H and O–H groups in total. The predicted octanol–water partition coefficient (Wildman–Crippen LogP) is 3.34. The lowest BCUT2D eigenvalue weighted by Gasteiger charge is -2.35. The average Bonchev–Trinajstić information content (AvgIpc) is 3.21. The number of hydrogen-bond donors (Lipinski definition) is 1. The molecule has 3 aromatic rings. The van der Waals surface area contributed by atoms with E-state index in [1.54, 1.807) is 12.1 Å². The van der Waals surface area contributed by atoms with E-state index in [-0.39, 0.29) is 24.1 Å². The molecule has 2 amide bonds. The minimum Gasteiger partial charge on any atom is -0.288 e. The quantitative estimate of drug-likeness (QED) is 0.524. The molecule has 0 spiro atoms. The number of hydrogen-bond acceptors (Lipinski definition) is 5. The maximum atomic E-state index is 13.0. The van der Waals surface area contributed by atoms with Gasteiger partial charge in [-0.05, 0) is 24.6 Å². The largest absolute Gasteiger partial charge is 0.288 e. The van der Waals surface area contributed by atoms with Gasteiger partial charge in [0, 0.05) is 30.6 Å². The standard InChI is InChI=1S/C23H21N3O4/c1-13(27)25-17-11-7-6-10-15(17)19-18(26(30)14-8-4-3-5-9-14)12-16-20(21(19)25)23(29)24(2)22(16)28/h3-11,16,18,20,30H,12H2,1-2H3/t16-,18-,20-/m0/s1. The summed E-state index contributed by atoms with van der Waals surface area (Å²) in [4.78, 5) is 39.7. The Morgan fingerprint density at radius 3 is 2.40 bits per heavy atom. The number of para-hydroxylation sites is 2. The number of anilines is 1. The Morgan fingerprint density at radius 2 is 1.70 bits per heavy atom. The van der Waals surface area contributed by atoms with Crippen LogP contribution in [0.2, 0.25) is 0 Å². The molecule has 5 rings (SSSR count). The van der Waals surface area contributed by atoms with Crippen LogP contribution in [0.25, 0.3) is 10.9 Å². The zero-order chi connectivity index (χ0) is 21.2. The molecule has 1 aliphatic carbocycles. The fourth-order valence-electron chi connectivity index (χ4n) is 5.05. The summed E-state index contributed by atoms with van der Waals surface area (Å²) in [5.74, 6) is -2.16. The minimum absolute atomic E-state index is 0.231. The van der Waals surface area contributed by atoms with Crippen molar-refractivity contribution in [3.05, 3.63) is 65.9 Å². The number of likely N-dealkylation sites (tertiary alicyclic amines) is 1. The molecule has 2 heterocycles. The number of nitrogens with zero attached hydrogens (tertiary/aromatic N) is 3. The zero-order valence-corrected chi connectivity index (χ0v) is 16.6. The summed E-state index contributed by atoms with van der Waals surface area (Å²) in [6.45, 7) is 1.45. The number of carbonyl (C=O) groups excluding carboxylic acids is 3. The predicted molar refractivity (Wildman–Crippen MR) is 110 cm³/mol. The lowest BCUT2D eigenvalue weighted by molar-refractivity contribution is -0.137. The molecule has 2 aromatic carbocycles. The number of likely N-dealkylation sites (N-methyl/N-ethyl adjacent to an activating group) is 1. The first-order valence-electron chi connectivity index (χ1n) is 9.90. The molecule has 1 aliphatic heterocycles. The molecule has 3 atom stereocenters. The fourth-order valence-corrected chi connectivity index (χ4v) is 5.05. The van der Waals surface area contributed by atoms with Gasteiger partial charge in [-0.2, -0.15) is 0 Å². The van der Waals surface area contributed by atoms with Crippen molar-refractivity contribution in [3.63, 3.8) is 0 Å². The van der Waals surface area contributed by atoms with Crippen molar-refractivity contribution >= 4 is 34.3 Å². The average molecular weight is 403 g/mol. The van der Waals surface area contributed by atoms with Gasteiger partial charge in [0.05, 0.1) is 29.1 Å². The number of amides is 2. The highest BCUT2D eigenvalue weighted by Crippen LogP contribution is 2.52. The van der Waals surface area contributed by atoms with Gasteiger partial charge in [-0.15, -0.1) is 0 Å². The normalized spacial score (nSPS) is 22.9. The van der Waals surface area contributed by atoms with Gasteiger partial charge in [0.1, 0.15) is 0 Å². The Balaban J connectivity index is 1.82. The smallest absolute Gasteiger partial charge is 0.238 e. The highest BCUT2D eigenvalue weighted by molar-refractivity contribution is 6.10. The van der Waals surface area contributed by atoms with Crippen LogP contribution in [0.4, 0.5) is 5.69 Å². The summed E-state index contributed by atoms with van der Waals surface area (Å²) < 4.78 is 1.54. The molecule has 0 unspecified atom stereocenters. The van der Waals surface area contributed by atoms with Crippen LogP contribution in [-0.4, -0.2) is 39.4 Å². The molecule has 30 heavy (non-hydrogen) atoms. The van der Waals surface area contributed by atoms with Crippen LogP contribution in [0.1, 0.15) is 41.4 Å². The van der Waals surface area contributed by atoms with E-state index < -0.39 is 17.9 Å². The van der Waals surface area contributed by atoms with E-state index in [9.17, 15) is 19.6 Å². The summed E-state index contributed by atoms with van der Waals surface area (Å²) >= 11 is 0. The summed E-state index contributed by atoms with van der Waals surface area (Å²) in [6, 6.07) is 15.9. The van der Waals surface area contributed by atoms with Crippen LogP contribution in [0.5, 0.6) is 0 Å². The molecule has 7 heteroatoms. The number of hydroxylamine groups is 1. The van der Waals surface area contributed by atoms with E-state index in [0.29, 0.717) is 16.9 Å². The van der Waals surface area contributed by atoms with Crippen LogP contribution in [-0.2, 0) is 9.59 Å². The maximum Gasteiger partial charge on any atom is 0.238 e. The Bertz CT molecular complexity index is 1200. The van der Waals surface area contributed by atoms with Gasteiger partial charge < -0.3 is 0 Å². The van der Waals surface area contributed by atoms with Crippen molar-refractivity contribution in [3.8, 4) is 0 Å². The summed E-state index contributed by atoms with van der Waals surface area (Å²) in [5.41, 5.74) is 2.50. The molecular formula is C23H21N3O4. The molecular weight excluding hydrogens is 382 g/mol. The zero-order valence-electron chi connectivity index (χ0n) is 16.6. The van der Waals surface area contributed by atoms with Gasteiger partial charge in [0.25, 0.3) is 0 Å². The monoisotopic (exact) mass is 403 g/mol. The van der Waals surface area contributed by atoms with Crippen molar-refractivity contribution < 1.29 is 19.6 Å². The third-order valence-electron chi connectivity index (χ3n) is 6.33. The van der Waals surface area contributed by atoms with Crippen LogP contribution in [0.3, 0.4) is 0 Å². The second-order valence-electron chi connectivity index (χ2n) is 7.92. The number of carbonyl (C=O) groups is 3. The van der Waals surface area contributed by atoms with E-state index in [1.165, 1.54) is 18.5 Å². The SMILES string of the molecule is CC(=O)n1c2c(c3ccccc31)[C@@H](N(O)c1ccccc1)C[C@@H]1C(=O)N(C)C(=O)[C@H]21. The highest BCUT2D eigenvalue weighted by atomic mass is 16.5. The molecule has 0 radical (unpaired) electrons. The van der Waals surface area contributed by atoms with Crippen molar-refractivity contribution in [2.45, 2.75) is 25.3 Å². The first-order chi connectivity index (χ1) is 14.4. The Hall–Kier alpha value is -3.45. The van der Waals surface area contributed by atoms with Crippen molar-refractivity contribution in [2.75, 3.05) is 12.1 Å². The van der Waals surface area contributed by atoms with Gasteiger partial charge in [0.2, 0.25) is 17.7 Å². The van der Waals surface area contributed by atoms with Crippen LogP contribution < -0.4 is 5.06 Å². The van der Waals surface area contributed by atoms with E-state index in [0.717, 1.165) is 20.9 Å². The summed E-state index contributed by atoms with van der Waals surface area (Å²) in [5, 5.41) is 13.1. The molecule has 1 aromatic heterocycles. The van der Waals surface area contributed by atoms with E-state index >= 15 is 0 Å². The van der Waals surface area contributed by atoms with E-state index in [2.05, 4.69) is 0 Å². The molecule has 2 aliphatic rings. The molecule has 7 nitrogen and oxygen atoms in total. The number of imide groups is 1. The van der Waals surface area contributed by atoms with Crippen molar-refractivity contribution in [1.29, 1.82) is 0 Å². The first-order valence-corrected chi connectivity index (χ1v) is 9.90. The second kappa shape index (κ2) is 6.53. The number of fused-ring (bicyclic) bond motifs is 5. The lowest BCUT2D eigenvalue weighted by atomic mass is 9.76. The Labute approximate surface area is 173 Å². The topological polar surface area (TPSA) is 82.8 Å². The van der Waals surface area contributed by atoms with Crippen LogP contribution >= 0.6 is 0 Å². The highest BCUT2D eigenvalue weighted by Gasteiger charge is 2.54. The first kappa shape index (κ1) is 18.6. The summed E-state index contributed by atoms with van der Waals surface area (Å²) in [7, 11) is 1.48. The molecule has 1 saturated heterocycles.